The summed E-state index contributed by atoms with van der Waals surface area (Å²) >= 11 is 0. The van der Waals surface area contributed by atoms with Crippen LogP contribution in [0, 0.1) is 0 Å². The fourth-order valence-electron chi connectivity index (χ4n) is 5.42. The molecule has 6 nitrogen and oxygen atoms in total. The number of rotatable bonds is 32. The van der Waals surface area contributed by atoms with Gasteiger partial charge in [0.2, 0.25) is 5.91 Å². The molecule has 0 aromatic heterocycles. The number of allylic oxidation sites excluding steroid dienone is 4. The van der Waals surface area contributed by atoms with E-state index in [1.165, 1.54) is 109 Å². The van der Waals surface area contributed by atoms with Crippen molar-refractivity contribution in [2.45, 2.75) is 193 Å². The third-order valence-corrected chi connectivity index (χ3v) is 8.94. The molecule has 0 saturated heterocycles. The first-order valence-corrected chi connectivity index (χ1v) is 19.6. The number of hydrogen-bond acceptors (Lipinski definition) is 4. The predicted molar refractivity (Wildman–Crippen MR) is 184 cm³/mol. The second kappa shape index (κ2) is 30.8. The molecule has 0 radical (unpaired) electrons. The van der Waals surface area contributed by atoms with E-state index in [-0.39, 0.29) is 5.91 Å². The van der Waals surface area contributed by atoms with Gasteiger partial charge in [0.15, 0.2) is 0 Å². The average molecular weight is 628 g/mol. The Bertz CT molecular complexity index is 781. The summed E-state index contributed by atoms with van der Waals surface area (Å²) in [6.45, 7) is 4.45. The van der Waals surface area contributed by atoms with Crippen LogP contribution in [0.1, 0.15) is 181 Å². The molecule has 1 amide bonds. The van der Waals surface area contributed by atoms with E-state index in [0.717, 1.165) is 44.9 Å². The standard InChI is InChI=1S/C36H69NO5S/c1-3-5-7-9-11-13-14-15-16-17-18-19-20-21-22-24-26-28-30-32-36(39)37-34(33-43(40,41)42)35(38)31-29-27-25-23-12-10-8-6-4-2/h11,13,15-16,34-35,38H,3-10,12,14,17-33H2,1-2H3,(H,37,39)(H,40,41,42)/b13-11-,16-15-. The van der Waals surface area contributed by atoms with Gasteiger partial charge in [0.25, 0.3) is 10.1 Å². The number of carbonyl (C=O) groups is 1. The molecule has 0 fully saturated rings. The van der Waals surface area contributed by atoms with Crippen molar-refractivity contribution >= 4 is 16.0 Å². The van der Waals surface area contributed by atoms with Gasteiger partial charge in [0.05, 0.1) is 17.9 Å². The molecule has 0 saturated carbocycles. The number of nitrogens with one attached hydrogen (secondary N) is 1. The molecule has 0 heterocycles. The lowest BCUT2D eigenvalue weighted by Crippen LogP contribution is -2.47. The van der Waals surface area contributed by atoms with Crippen molar-refractivity contribution in [3.63, 3.8) is 0 Å². The Morgan fingerprint density at radius 2 is 1.05 bits per heavy atom. The fraction of sp³-hybridized carbons (Fsp3) is 0.861. The van der Waals surface area contributed by atoms with Crippen molar-refractivity contribution in [1.29, 1.82) is 0 Å². The van der Waals surface area contributed by atoms with Gasteiger partial charge in [-0.05, 0) is 44.9 Å². The van der Waals surface area contributed by atoms with Gasteiger partial charge in [0.1, 0.15) is 0 Å². The van der Waals surface area contributed by atoms with E-state index in [0.29, 0.717) is 12.8 Å². The van der Waals surface area contributed by atoms with Gasteiger partial charge < -0.3 is 10.4 Å². The van der Waals surface area contributed by atoms with Crippen LogP contribution in [0.3, 0.4) is 0 Å². The van der Waals surface area contributed by atoms with Crippen LogP contribution in [0.15, 0.2) is 24.3 Å². The zero-order valence-electron chi connectivity index (χ0n) is 28.1. The first kappa shape index (κ1) is 41.8. The third kappa shape index (κ3) is 32.0. The lowest BCUT2D eigenvalue weighted by molar-refractivity contribution is -0.122. The minimum atomic E-state index is -4.30. The minimum Gasteiger partial charge on any atom is -0.391 e. The predicted octanol–water partition coefficient (Wildman–Crippen LogP) is 10.0. The molecule has 43 heavy (non-hydrogen) atoms. The van der Waals surface area contributed by atoms with Gasteiger partial charge in [0, 0.05) is 6.42 Å². The van der Waals surface area contributed by atoms with Gasteiger partial charge >= 0.3 is 0 Å². The van der Waals surface area contributed by atoms with Crippen LogP contribution in [0.4, 0.5) is 0 Å². The van der Waals surface area contributed by atoms with Crippen LogP contribution in [-0.2, 0) is 14.9 Å². The summed E-state index contributed by atoms with van der Waals surface area (Å²) in [5.74, 6) is -0.902. The first-order valence-electron chi connectivity index (χ1n) is 18.0. The third-order valence-electron chi connectivity index (χ3n) is 8.16. The van der Waals surface area contributed by atoms with E-state index < -0.39 is 28.0 Å². The number of aliphatic hydroxyl groups excluding tert-OH is 1. The number of hydrogen-bond donors (Lipinski definition) is 3. The highest BCUT2D eigenvalue weighted by Gasteiger charge is 2.26. The Balaban J connectivity index is 3.86. The quantitative estimate of drug-likeness (QED) is 0.0391. The molecular weight excluding hydrogens is 558 g/mol. The van der Waals surface area contributed by atoms with Gasteiger partial charge in [-0.2, -0.15) is 8.42 Å². The summed E-state index contributed by atoms with van der Waals surface area (Å²) in [5.41, 5.74) is 0. The summed E-state index contributed by atoms with van der Waals surface area (Å²) in [6.07, 6.45) is 37.0. The molecule has 0 aromatic rings. The van der Waals surface area contributed by atoms with Crippen molar-refractivity contribution in [3.05, 3.63) is 24.3 Å². The molecule has 3 N–H and O–H groups in total. The van der Waals surface area contributed by atoms with E-state index in [1.54, 1.807) is 0 Å². The normalized spacial score (nSPS) is 13.7. The van der Waals surface area contributed by atoms with Crippen LogP contribution in [0.25, 0.3) is 0 Å². The maximum Gasteiger partial charge on any atom is 0.266 e. The molecule has 2 atom stereocenters. The fourth-order valence-corrected chi connectivity index (χ4v) is 6.18. The smallest absolute Gasteiger partial charge is 0.266 e. The van der Waals surface area contributed by atoms with Crippen molar-refractivity contribution in [2.75, 3.05) is 5.75 Å². The Labute approximate surface area is 266 Å². The van der Waals surface area contributed by atoms with Crippen molar-refractivity contribution in [3.8, 4) is 0 Å². The summed E-state index contributed by atoms with van der Waals surface area (Å²) in [6, 6.07) is -0.968. The van der Waals surface area contributed by atoms with Crippen molar-refractivity contribution in [1.82, 2.24) is 5.32 Å². The highest BCUT2D eigenvalue weighted by molar-refractivity contribution is 7.85. The zero-order valence-corrected chi connectivity index (χ0v) is 28.9. The number of amides is 1. The summed E-state index contributed by atoms with van der Waals surface area (Å²) < 4.78 is 32.3. The Hall–Kier alpha value is -1.18. The molecule has 0 aromatic carbocycles. The number of aliphatic hydroxyl groups is 1. The molecule has 0 spiro atoms. The average Bonchev–Trinajstić information content (AvgIpc) is 2.96. The SMILES string of the molecule is CCCCC/C=C\C/C=C\CCCCCCCCCCCC(=O)NC(CS(=O)(=O)O)C(O)CCCCCCCCCCC. The van der Waals surface area contributed by atoms with Gasteiger partial charge in [-0.15, -0.1) is 0 Å². The van der Waals surface area contributed by atoms with E-state index in [1.807, 2.05) is 0 Å². The molecule has 0 aliphatic heterocycles. The molecule has 0 rings (SSSR count). The Morgan fingerprint density at radius 1 is 0.628 bits per heavy atom. The van der Waals surface area contributed by atoms with Crippen LogP contribution in [-0.4, -0.2) is 41.9 Å². The molecule has 254 valence electrons. The maximum atomic E-state index is 12.4. The number of carbonyl (C=O) groups excluding carboxylic acids is 1. The lowest BCUT2D eigenvalue weighted by Gasteiger charge is -2.23. The molecular formula is C36H69NO5S. The van der Waals surface area contributed by atoms with E-state index in [9.17, 15) is 22.9 Å². The van der Waals surface area contributed by atoms with Gasteiger partial charge in [-0.3, -0.25) is 9.35 Å². The summed E-state index contributed by atoms with van der Waals surface area (Å²) in [7, 11) is -4.30. The van der Waals surface area contributed by atoms with Gasteiger partial charge in [-0.1, -0.05) is 154 Å². The van der Waals surface area contributed by atoms with E-state index in [2.05, 4.69) is 43.5 Å². The van der Waals surface area contributed by atoms with Crippen LogP contribution >= 0.6 is 0 Å². The maximum absolute atomic E-state index is 12.4. The lowest BCUT2D eigenvalue weighted by atomic mass is 10.0. The van der Waals surface area contributed by atoms with E-state index in [4.69, 9.17) is 0 Å². The Morgan fingerprint density at radius 3 is 1.56 bits per heavy atom. The highest BCUT2D eigenvalue weighted by atomic mass is 32.2. The second-order valence-electron chi connectivity index (χ2n) is 12.5. The molecule has 0 bridgehead atoms. The molecule has 0 aliphatic carbocycles. The summed E-state index contributed by atoms with van der Waals surface area (Å²) in [5, 5.41) is 13.2. The molecule has 7 heteroatoms. The largest absolute Gasteiger partial charge is 0.391 e. The zero-order chi connectivity index (χ0) is 31.9. The highest BCUT2D eigenvalue weighted by Crippen LogP contribution is 2.15. The monoisotopic (exact) mass is 627 g/mol. The second-order valence-corrected chi connectivity index (χ2v) is 14.0. The van der Waals surface area contributed by atoms with Crippen molar-refractivity contribution < 1.29 is 22.9 Å². The molecule has 0 aliphatic rings. The van der Waals surface area contributed by atoms with Gasteiger partial charge in [-0.25, -0.2) is 0 Å². The van der Waals surface area contributed by atoms with E-state index >= 15 is 0 Å². The first-order chi connectivity index (χ1) is 20.8. The number of unbranched alkanes of at least 4 members (excludes halogenated alkanes) is 20. The van der Waals surface area contributed by atoms with Crippen molar-refractivity contribution in [2.24, 2.45) is 0 Å². The van der Waals surface area contributed by atoms with Crippen LogP contribution < -0.4 is 5.32 Å². The van der Waals surface area contributed by atoms with Crippen LogP contribution in [0.5, 0.6) is 0 Å². The van der Waals surface area contributed by atoms with Crippen LogP contribution in [0.2, 0.25) is 0 Å². The Kier molecular flexibility index (Phi) is 30.0. The topological polar surface area (TPSA) is 104 Å². The summed E-state index contributed by atoms with van der Waals surface area (Å²) in [4.78, 5) is 12.4. The minimum absolute atomic E-state index is 0.253. The molecule has 2 unspecified atom stereocenters.